The van der Waals surface area contributed by atoms with Crippen molar-refractivity contribution in [3.8, 4) is 0 Å². The van der Waals surface area contributed by atoms with Crippen molar-refractivity contribution in [2.45, 2.75) is 77.1 Å². The van der Waals surface area contributed by atoms with Gasteiger partial charge in [0, 0.05) is 5.54 Å². The van der Waals surface area contributed by atoms with Crippen molar-refractivity contribution in [1.29, 1.82) is 0 Å². The van der Waals surface area contributed by atoms with Crippen LogP contribution in [0, 0.1) is 0 Å². The van der Waals surface area contributed by atoms with Crippen LogP contribution in [0.1, 0.15) is 59.8 Å². The topological polar surface area (TPSA) is 12.5 Å². The van der Waals surface area contributed by atoms with Crippen molar-refractivity contribution in [3.05, 3.63) is 0 Å². The number of alkyl halides is 3. The van der Waals surface area contributed by atoms with Crippen LogP contribution in [0.15, 0.2) is 0 Å². The molecule has 1 aliphatic rings. The third-order valence-electron chi connectivity index (χ3n) is 4.16. The van der Waals surface area contributed by atoms with Gasteiger partial charge < -0.3 is 4.74 Å². The first-order chi connectivity index (χ1) is 9.02. The quantitative estimate of drug-likeness (QED) is 0.690. The Hall–Kier alpha value is -0.290. The van der Waals surface area contributed by atoms with Crippen LogP contribution in [0.25, 0.3) is 0 Å². The zero-order valence-corrected chi connectivity index (χ0v) is 13.1. The molecule has 0 aliphatic carbocycles. The highest BCUT2D eigenvalue weighted by Gasteiger charge is 2.33. The normalized spacial score (nSPS) is 18.8. The molecule has 20 heavy (non-hydrogen) atoms. The van der Waals surface area contributed by atoms with Crippen molar-refractivity contribution in [3.63, 3.8) is 0 Å². The minimum atomic E-state index is -4.24. The summed E-state index contributed by atoms with van der Waals surface area (Å²) >= 11 is 0. The van der Waals surface area contributed by atoms with Gasteiger partial charge in [-0.05, 0) is 72.9 Å². The van der Waals surface area contributed by atoms with Crippen LogP contribution in [0.2, 0.25) is 0 Å². The van der Waals surface area contributed by atoms with E-state index in [4.69, 9.17) is 4.74 Å². The van der Waals surface area contributed by atoms with E-state index >= 15 is 0 Å². The van der Waals surface area contributed by atoms with Crippen LogP contribution in [0.5, 0.6) is 0 Å². The van der Waals surface area contributed by atoms with Crippen molar-refractivity contribution in [2.75, 3.05) is 19.7 Å². The van der Waals surface area contributed by atoms with Crippen LogP contribution in [0.4, 0.5) is 13.2 Å². The highest BCUT2D eigenvalue weighted by molar-refractivity contribution is 4.85. The van der Waals surface area contributed by atoms with Gasteiger partial charge in [-0.15, -0.1) is 0 Å². The van der Waals surface area contributed by atoms with Gasteiger partial charge in [0.05, 0.1) is 5.60 Å². The second kappa shape index (κ2) is 6.65. The molecular formula is C15H28F3NO. The summed E-state index contributed by atoms with van der Waals surface area (Å²) in [4.78, 5) is 2.48. The predicted octanol–water partition coefficient (Wildman–Crippen LogP) is 4.39. The third kappa shape index (κ3) is 6.44. The molecule has 1 fully saturated rings. The smallest absolute Gasteiger partial charge is 0.366 e. The standard InChI is InChI=1S/C15H28F3NO/c1-13(2,19-10-5-6-11-19)8-7-9-14(3,4)20-12-15(16,17)18/h5-12H2,1-4H3. The summed E-state index contributed by atoms with van der Waals surface area (Å²) < 4.78 is 41.5. The lowest BCUT2D eigenvalue weighted by Crippen LogP contribution is -2.42. The van der Waals surface area contributed by atoms with Gasteiger partial charge >= 0.3 is 6.18 Å². The largest absolute Gasteiger partial charge is 0.411 e. The lowest BCUT2D eigenvalue weighted by Gasteiger charge is -2.36. The average molecular weight is 295 g/mol. The highest BCUT2D eigenvalue weighted by Crippen LogP contribution is 2.29. The van der Waals surface area contributed by atoms with Crippen molar-refractivity contribution in [1.82, 2.24) is 4.90 Å². The van der Waals surface area contributed by atoms with E-state index in [1.54, 1.807) is 13.8 Å². The van der Waals surface area contributed by atoms with Gasteiger partial charge in [0.15, 0.2) is 0 Å². The molecule has 0 unspecified atom stereocenters. The monoisotopic (exact) mass is 295 g/mol. The van der Waals surface area contributed by atoms with Gasteiger partial charge in [0.2, 0.25) is 0 Å². The summed E-state index contributed by atoms with van der Waals surface area (Å²) in [5, 5.41) is 0. The van der Waals surface area contributed by atoms with Gasteiger partial charge in [-0.25, -0.2) is 0 Å². The van der Waals surface area contributed by atoms with E-state index in [0.29, 0.717) is 6.42 Å². The maximum atomic E-state index is 12.2. The second-order valence-electron chi connectivity index (χ2n) is 7.02. The van der Waals surface area contributed by atoms with E-state index in [2.05, 4.69) is 18.7 Å². The molecule has 0 bridgehead atoms. The summed E-state index contributed by atoms with van der Waals surface area (Å²) in [6.07, 6.45) is 0.792. The lowest BCUT2D eigenvalue weighted by molar-refractivity contribution is -0.201. The Labute approximate surface area is 120 Å². The molecule has 120 valence electrons. The molecule has 0 aromatic rings. The number of ether oxygens (including phenoxy) is 1. The Morgan fingerprint density at radius 1 is 0.950 bits per heavy atom. The van der Waals surface area contributed by atoms with Gasteiger partial charge in [-0.1, -0.05) is 0 Å². The van der Waals surface area contributed by atoms with Crippen LogP contribution in [-0.2, 0) is 4.74 Å². The molecule has 5 heteroatoms. The molecule has 0 radical (unpaired) electrons. The first-order valence-electron chi connectivity index (χ1n) is 7.48. The summed E-state index contributed by atoms with van der Waals surface area (Å²) in [6, 6.07) is 0. The number of halogens is 3. The number of nitrogens with zero attached hydrogens (tertiary/aromatic N) is 1. The van der Waals surface area contributed by atoms with Gasteiger partial charge in [0.1, 0.15) is 6.61 Å². The fourth-order valence-corrected chi connectivity index (χ4v) is 2.78. The van der Waals surface area contributed by atoms with Crippen LogP contribution in [-0.4, -0.2) is 41.9 Å². The summed E-state index contributed by atoms with van der Waals surface area (Å²) in [6.45, 7) is 9.05. The Kier molecular flexibility index (Phi) is 5.90. The second-order valence-corrected chi connectivity index (χ2v) is 7.02. The molecule has 0 amide bonds. The van der Waals surface area contributed by atoms with Crippen molar-refractivity contribution >= 4 is 0 Å². The van der Waals surface area contributed by atoms with Gasteiger partial charge in [-0.2, -0.15) is 13.2 Å². The zero-order chi connectivity index (χ0) is 15.4. The predicted molar refractivity (Wildman–Crippen MR) is 74.8 cm³/mol. The van der Waals surface area contributed by atoms with E-state index < -0.39 is 18.4 Å². The first kappa shape index (κ1) is 17.8. The molecular weight excluding hydrogens is 267 g/mol. The molecule has 1 rings (SSSR count). The molecule has 0 aromatic carbocycles. The molecule has 0 spiro atoms. The number of hydrogen-bond donors (Lipinski definition) is 0. The molecule has 1 aliphatic heterocycles. The van der Waals surface area contributed by atoms with E-state index in [1.807, 2.05) is 0 Å². The van der Waals surface area contributed by atoms with E-state index in [0.717, 1.165) is 25.9 Å². The first-order valence-corrected chi connectivity index (χ1v) is 7.48. The minimum Gasteiger partial charge on any atom is -0.366 e. The third-order valence-corrected chi connectivity index (χ3v) is 4.16. The van der Waals surface area contributed by atoms with Crippen LogP contribution >= 0.6 is 0 Å². The van der Waals surface area contributed by atoms with E-state index in [-0.39, 0.29) is 5.54 Å². The minimum absolute atomic E-state index is 0.136. The Morgan fingerprint density at radius 3 is 2.00 bits per heavy atom. The molecule has 1 heterocycles. The Morgan fingerprint density at radius 2 is 1.50 bits per heavy atom. The van der Waals surface area contributed by atoms with Gasteiger partial charge in [0.25, 0.3) is 0 Å². The zero-order valence-electron chi connectivity index (χ0n) is 13.1. The summed E-state index contributed by atoms with van der Waals surface area (Å²) in [5.74, 6) is 0. The fourth-order valence-electron chi connectivity index (χ4n) is 2.78. The van der Waals surface area contributed by atoms with Crippen LogP contribution < -0.4 is 0 Å². The molecule has 1 saturated heterocycles. The van der Waals surface area contributed by atoms with Crippen molar-refractivity contribution in [2.24, 2.45) is 0 Å². The lowest BCUT2D eigenvalue weighted by atomic mass is 9.91. The number of likely N-dealkylation sites (tertiary alicyclic amines) is 1. The Balaban J connectivity index is 2.31. The molecule has 0 atom stereocenters. The molecule has 0 N–H and O–H groups in total. The van der Waals surface area contributed by atoms with Gasteiger partial charge in [-0.3, -0.25) is 4.90 Å². The summed E-state index contributed by atoms with van der Waals surface area (Å²) in [7, 11) is 0. The molecule has 2 nitrogen and oxygen atoms in total. The number of hydrogen-bond acceptors (Lipinski definition) is 2. The fraction of sp³-hybridized carbons (Fsp3) is 1.00. The van der Waals surface area contributed by atoms with Crippen LogP contribution in [0.3, 0.4) is 0 Å². The van der Waals surface area contributed by atoms with E-state index in [1.165, 1.54) is 12.8 Å². The molecule has 0 saturated carbocycles. The maximum Gasteiger partial charge on any atom is 0.411 e. The number of rotatable bonds is 7. The maximum absolute atomic E-state index is 12.2. The average Bonchev–Trinajstić information content (AvgIpc) is 2.79. The SMILES string of the molecule is CC(C)(CCCC(C)(C)N1CCCC1)OCC(F)(F)F. The van der Waals surface area contributed by atoms with E-state index in [9.17, 15) is 13.2 Å². The Bertz CT molecular complexity index is 294. The molecule has 0 aromatic heterocycles. The highest BCUT2D eigenvalue weighted by atomic mass is 19.4. The summed E-state index contributed by atoms with van der Waals surface area (Å²) in [5.41, 5.74) is -0.576. The van der Waals surface area contributed by atoms with Crippen molar-refractivity contribution < 1.29 is 17.9 Å².